The zero-order chi connectivity index (χ0) is 18.4. The number of thiazole rings is 1. The Labute approximate surface area is 159 Å². The number of aryl methyl sites for hydroxylation is 1. The minimum Gasteiger partial charge on any atom is -0.368 e. The third-order valence-corrected chi connectivity index (χ3v) is 5.77. The number of piperidine rings is 1. The Kier molecular flexibility index (Phi) is 6.40. The number of unbranched alkanes of at least 4 members (excludes halogenated alkanes) is 1. The molecule has 1 aliphatic rings. The average molecular weight is 374 g/mol. The Hall–Kier alpha value is -1.76. The molecule has 1 aromatic heterocycles. The first-order valence-electron chi connectivity index (χ1n) is 9.29. The lowest BCUT2D eigenvalue weighted by atomic mass is 9.91. The van der Waals surface area contributed by atoms with Crippen molar-refractivity contribution in [1.82, 2.24) is 10.3 Å². The van der Waals surface area contributed by atoms with Crippen LogP contribution in [0.3, 0.4) is 0 Å². The number of anilines is 1. The van der Waals surface area contributed by atoms with Crippen molar-refractivity contribution in [2.75, 3.05) is 25.5 Å². The summed E-state index contributed by atoms with van der Waals surface area (Å²) in [5.41, 5.74) is 2.57. The van der Waals surface area contributed by atoms with Crippen molar-refractivity contribution in [3.63, 3.8) is 0 Å². The summed E-state index contributed by atoms with van der Waals surface area (Å²) in [6.07, 6.45) is 4.88. The number of nitrogens with zero attached hydrogens (tertiary/aromatic N) is 1. The van der Waals surface area contributed by atoms with Crippen LogP contribution in [0, 0.1) is 0 Å². The van der Waals surface area contributed by atoms with Crippen LogP contribution in [0.15, 0.2) is 29.6 Å². The van der Waals surface area contributed by atoms with E-state index in [0.717, 1.165) is 30.8 Å². The van der Waals surface area contributed by atoms with Gasteiger partial charge in [-0.1, -0.05) is 37.6 Å². The van der Waals surface area contributed by atoms with Crippen molar-refractivity contribution in [1.29, 1.82) is 0 Å². The highest BCUT2D eigenvalue weighted by Crippen LogP contribution is 2.28. The van der Waals surface area contributed by atoms with Gasteiger partial charge < -0.3 is 10.1 Å². The standard InChI is InChI=1S/C20H27N3O2S/c1-3-4-5-15-6-8-16(9-7-15)17-14-26-19(22-17)23-18(24)20(25-2)10-12-21-13-11-20/h6-9,14,21H,3-5,10-13H2,1-2H3,(H,22,23,24). The number of aromatic nitrogens is 1. The number of methoxy groups -OCH3 is 1. The maximum atomic E-state index is 12.7. The highest BCUT2D eigenvalue weighted by atomic mass is 32.1. The van der Waals surface area contributed by atoms with E-state index in [9.17, 15) is 4.79 Å². The number of amides is 1. The predicted octanol–water partition coefficient (Wildman–Crippen LogP) is 3.86. The molecule has 1 fully saturated rings. The summed E-state index contributed by atoms with van der Waals surface area (Å²) >= 11 is 1.45. The summed E-state index contributed by atoms with van der Waals surface area (Å²) in [6, 6.07) is 8.54. The Balaban J connectivity index is 1.66. The summed E-state index contributed by atoms with van der Waals surface area (Å²) in [4.78, 5) is 17.3. The van der Waals surface area contributed by atoms with E-state index in [-0.39, 0.29) is 5.91 Å². The van der Waals surface area contributed by atoms with Gasteiger partial charge in [0.25, 0.3) is 5.91 Å². The van der Waals surface area contributed by atoms with Crippen LogP contribution in [0.5, 0.6) is 0 Å². The van der Waals surface area contributed by atoms with Gasteiger partial charge in [-0.2, -0.15) is 0 Å². The fraction of sp³-hybridized carbons (Fsp3) is 0.500. The summed E-state index contributed by atoms with van der Waals surface area (Å²) in [6.45, 7) is 3.78. The van der Waals surface area contributed by atoms with E-state index in [2.05, 4.69) is 46.8 Å². The van der Waals surface area contributed by atoms with Crippen LogP contribution in [0.4, 0.5) is 5.13 Å². The van der Waals surface area contributed by atoms with Crippen LogP contribution in [-0.4, -0.2) is 36.7 Å². The second-order valence-corrected chi connectivity index (χ2v) is 7.60. The molecule has 5 nitrogen and oxygen atoms in total. The fourth-order valence-corrected chi connectivity index (χ4v) is 3.97. The smallest absolute Gasteiger partial charge is 0.258 e. The Morgan fingerprint density at radius 3 is 2.69 bits per heavy atom. The SMILES string of the molecule is CCCCc1ccc(-c2csc(NC(=O)C3(OC)CCNCC3)n2)cc1. The molecule has 26 heavy (non-hydrogen) atoms. The monoisotopic (exact) mass is 373 g/mol. The van der Waals surface area contributed by atoms with Gasteiger partial charge in [0.15, 0.2) is 5.13 Å². The minimum atomic E-state index is -0.752. The number of ether oxygens (including phenoxy) is 1. The molecule has 0 unspecified atom stereocenters. The highest BCUT2D eigenvalue weighted by Gasteiger charge is 2.40. The van der Waals surface area contributed by atoms with Gasteiger partial charge in [-0.25, -0.2) is 4.98 Å². The van der Waals surface area contributed by atoms with Crippen molar-refractivity contribution < 1.29 is 9.53 Å². The topological polar surface area (TPSA) is 63.2 Å². The summed E-state index contributed by atoms with van der Waals surface area (Å²) < 4.78 is 5.57. The van der Waals surface area contributed by atoms with Gasteiger partial charge in [-0.05, 0) is 44.3 Å². The van der Waals surface area contributed by atoms with Crippen LogP contribution in [0.1, 0.15) is 38.2 Å². The zero-order valence-electron chi connectivity index (χ0n) is 15.5. The molecule has 1 saturated heterocycles. The van der Waals surface area contributed by atoms with Crippen molar-refractivity contribution in [3.05, 3.63) is 35.2 Å². The van der Waals surface area contributed by atoms with E-state index in [0.29, 0.717) is 18.0 Å². The number of benzene rings is 1. The summed E-state index contributed by atoms with van der Waals surface area (Å²) in [5, 5.41) is 8.82. The van der Waals surface area contributed by atoms with Crippen molar-refractivity contribution in [3.8, 4) is 11.3 Å². The molecule has 3 rings (SSSR count). The lowest BCUT2D eigenvalue weighted by Gasteiger charge is -2.34. The van der Waals surface area contributed by atoms with E-state index >= 15 is 0 Å². The van der Waals surface area contributed by atoms with Crippen LogP contribution in [0.25, 0.3) is 11.3 Å². The third-order valence-electron chi connectivity index (χ3n) is 5.01. The lowest BCUT2D eigenvalue weighted by Crippen LogP contribution is -2.51. The number of rotatable bonds is 7. The molecule has 0 radical (unpaired) electrons. The molecule has 0 atom stereocenters. The van der Waals surface area contributed by atoms with Gasteiger partial charge in [0, 0.05) is 18.1 Å². The summed E-state index contributed by atoms with van der Waals surface area (Å²) in [7, 11) is 1.61. The Bertz CT molecular complexity index is 721. The zero-order valence-corrected chi connectivity index (χ0v) is 16.3. The van der Waals surface area contributed by atoms with Crippen molar-refractivity contribution in [2.45, 2.75) is 44.6 Å². The number of carbonyl (C=O) groups is 1. The molecule has 140 valence electrons. The van der Waals surface area contributed by atoms with E-state index in [1.54, 1.807) is 7.11 Å². The molecule has 1 aromatic carbocycles. The van der Waals surface area contributed by atoms with Gasteiger partial charge in [0.05, 0.1) is 5.69 Å². The second-order valence-electron chi connectivity index (χ2n) is 6.74. The van der Waals surface area contributed by atoms with Gasteiger partial charge in [-0.15, -0.1) is 11.3 Å². The quantitative estimate of drug-likeness (QED) is 0.774. The number of hydrogen-bond donors (Lipinski definition) is 2. The van der Waals surface area contributed by atoms with Crippen molar-refractivity contribution in [2.24, 2.45) is 0 Å². The van der Waals surface area contributed by atoms with Gasteiger partial charge >= 0.3 is 0 Å². The van der Waals surface area contributed by atoms with Gasteiger partial charge in [0.1, 0.15) is 5.60 Å². The van der Waals surface area contributed by atoms with E-state index < -0.39 is 5.60 Å². The molecule has 2 N–H and O–H groups in total. The first-order valence-corrected chi connectivity index (χ1v) is 10.2. The third kappa shape index (κ3) is 4.31. The van der Waals surface area contributed by atoms with Crippen LogP contribution >= 0.6 is 11.3 Å². The average Bonchev–Trinajstić information content (AvgIpc) is 3.15. The molecule has 2 heterocycles. The predicted molar refractivity (Wildman–Crippen MR) is 107 cm³/mol. The Morgan fingerprint density at radius 1 is 1.31 bits per heavy atom. The maximum Gasteiger partial charge on any atom is 0.258 e. The van der Waals surface area contributed by atoms with Crippen LogP contribution in [0.2, 0.25) is 0 Å². The van der Waals surface area contributed by atoms with Crippen LogP contribution < -0.4 is 10.6 Å². The first-order chi connectivity index (χ1) is 12.7. The number of hydrogen-bond acceptors (Lipinski definition) is 5. The molecule has 0 aliphatic carbocycles. The molecule has 6 heteroatoms. The molecule has 1 amide bonds. The van der Waals surface area contributed by atoms with Crippen LogP contribution in [-0.2, 0) is 16.0 Å². The second kappa shape index (κ2) is 8.75. The molecule has 0 spiro atoms. The molecule has 1 aliphatic heterocycles. The molecule has 2 aromatic rings. The summed E-state index contributed by atoms with van der Waals surface area (Å²) in [5.74, 6) is -0.0997. The largest absolute Gasteiger partial charge is 0.368 e. The van der Waals surface area contributed by atoms with Crippen molar-refractivity contribution >= 4 is 22.4 Å². The van der Waals surface area contributed by atoms with Gasteiger partial charge in [-0.3, -0.25) is 10.1 Å². The van der Waals surface area contributed by atoms with E-state index in [4.69, 9.17) is 4.74 Å². The molecular formula is C20H27N3O2S. The number of carbonyl (C=O) groups excluding carboxylic acids is 1. The molecule has 0 bridgehead atoms. The van der Waals surface area contributed by atoms with E-state index in [1.165, 1.54) is 29.7 Å². The van der Waals surface area contributed by atoms with E-state index in [1.807, 2.05) is 5.38 Å². The normalized spacial score (nSPS) is 16.4. The number of nitrogens with one attached hydrogen (secondary N) is 2. The Morgan fingerprint density at radius 2 is 2.04 bits per heavy atom. The fourth-order valence-electron chi connectivity index (χ4n) is 3.25. The maximum absolute atomic E-state index is 12.7. The molecule has 0 saturated carbocycles. The lowest BCUT2D eigenvalue weighted by molar-refractivity contribution is -0.140. The molecular weight excluding hydrogens is 346 g/mol. The highest BCUT2D eigenvalue weighted by molar-refractivity contribution is 7.14. The van der Waals surface area contributed by atoms with Gasteiger partial charge in [0.2, 0.25) is 0 Å². The first kappa shape index (κ1) is 19.0. The minimum absolute atomic E-state index is 0.0997.